The highest BCUT2D eigenvalue weighted by Crippen LogP contribution is 2.48. The van der Waals surface area contributed by atoms with Gasteiger partial charge in [0.05, 0.1) is 0 Å². The fourth-order valence-corrected chi connectivity index (χ4v) is 9.32. The van der Waals surface area contributed by atoms with Crippen LogP contribution in [0.3, 0.4) is 0 Å². The number of aryl methyl sites for hydroxylation is 10. The normalized spacial score (nSPS) is 13.4. The van der Waals surface area contributed by atoms with E-state index in [2.05, 4.69) is 178 Å². The van der Waals surface area contributed by atoms with Crippen LogP contribution in [0.15, 0.2) is 84.9 Å². The molecule has 0 saturated carbocycles. The molecule has 6 aromatic carbocycles. The van der Waals surface area contributed by atoms with Crippen molar-refractivity contribution in [1.29, 1.82) is 0 Å². The van der Waals surface area contributed by atoms with Gasteiger partial charge >= 0.3 is 0 Å². The summed E-state index contributed by atoms with van der Waals surface area (Å²) < 4.78 is 0. The van der Waals surface area contributed by atoms with Gasteiger partial charge in [0, 0.05) is 34.1 Å². The Balaban J connectivity index is 1.20. The molecule has 6 aromatic rings. The van der Waals surface area contributed by atoms with Crippen LogP contribution >= 0.6 is 0 Å². The van der Waals surface area contributed by atoms with E-state index in [4.69, 9.17) is 0 Å². The molecular formula is C54H58N2. The van der Waals surface area contributed by atoms with E-state index in [-0.39, 0.29) is 0 Å². The lowest BCUT2D eigenvalue weighted by Gasteiger charge is -2.33. The van der Waals surface area contributed by atoms with Crippen LogP contribution in [0.4, 0.5) is 34.1 Å². The lowest BCUT2D eigenvalue weighted by molar-refractivity contribution is 0.918. The number of nitrogens with zero attached hydrogens (tertiary/aromatic N) is 2. The summed E-state index contributed by atoms with van der Waals surface area (Å²) in [5.41, 5.74) is 32.4. The molecule has 56 heavy (non-hydrogen) atoms. The van der Waals surface area contributed by atoms with Crippen molar-refractivity contribution in [2.75, 3.05) is 9.80 Å². The fraction of sp³-hybridized carbons (Fsp3) is 0.296. The Morgan fingerprint density at radius 2 is 0.536 bits per heavy atom. The maximum atomic E-state index is 2.49. The Kier molecular flexibility index (Phi) is 9.60. The first-order valence-corrected chi connectivity index (χ1v) is 20.6. The van der Waals surface area contributed by atoms with Crippen LogP contribution in [-0.4, -0.2) is 0 Å². The lowest BCUT2D eigenvalue weighted by atomic mass is 9.75. The van der Waals surface area contributed by atoms with Crippen LogP contribution in [0.2, 0.25) is 0 Å². The Labute approximate surface area is 336 Å². The molecular weight excluding hydrogens is 677 g/mol. The van der Waals surface area contributed by atoms with Gasteiger partial charge in [-0.15, -0.1) is 0 Å². The first-order valence-electron chi connectivity index (χ1n) is 20.6. The van der Waals surface area contributed by atoms with Crippen molar-refractivity contribution < 1.29 is 0 Å². The summed E-state index contributed by atoms with van der Waals surface area (Å²) in [6.07, 6.45) is 4.23. The summed E-state index contributed by atoms with van der Waals surface area (Å²) in [6.45, 7) is 26.9. The van der Waals surface area contributed by atoms with E-state index in [1.165, 1.54) is 123 Å². The molecule has 0 fully saturated rings. The van der Waals surface area contributed by atoms with Gasteiger partial charge in [0.15, 0.2) is 0 Å². The van der Waals surface area contributed by atoms with Crippen LogP contribution in [-0.2, 0) is 12.8 Å². The second-order valence-electron chi connectivity index (χ2n) is 17.1. The van der Waals surface area contributed by atoms with Gasteiger partial charge in [-0.3, -0.25) is 0 Å². The van der Waals surface area contributed by atoms with E-state index in [0.717, 1.165) is 25.7 Å². The van der Waals surface area contributed by atoms with Crippen molar-refractivity contribution >= 4 is 45.3 Å². The molecule has 0 spiro atoms. The van der Waals surface area contributed by atoms with Crippen molar-refractivity contribution in [3.63, 3.8) is 0 Å². The van der Waals surface area contributed by atoms with Gasteiger partial charge in [-0.2, -0.15) is 0 Å². The van der Waals surface area contributed by atoms with E-state index in [9.17, 15) is 0 Å². The third kappa shape index (κ3) is 6.47. The number of allylic oxidation sites excluding steroid dienone is 2. The zero-order chi connectivity index (χ0) is 39.7. The Morgan fingerprint density at radius 3 is 0.786 bits per heavy atom. The van der Waals surface area contributed by atoms with Gasteiger partial charge in [0.2, 0.25) is 0 Å². The maximum absolute atomic E-state index is 2.49. The molecule has 2 aliphatic rings. The Hall–Kier alpha value is -5.34. The summed E-state index contributed by atoms with van der Waals surface area (Å²) in [7, 11) is 0. The number of anilines is 6. The average Bonchev–Trinajstić information content (AvgIpc) is 3.16. The number of hydrogen-bond acceptors (Lipinski definition) is 2. The smallest absolute Gasteiger partial charge is 0.0467 e. The minimum Gasteiger partial charge on any atom is -0.310 e. The van der Waals surface area contributed by atoms with Crippen molar-refractivity contribution in [1.82, 2.24) is 0 Å². The van der Waals surface area contributed by atoms with E-state index < -0.39 is 0 Å². The predicted octanol–water partition coefficient (Wildman–Crippen LogP) is 15.1. The first kappa shape index (κ1) is 37.6. The highest BCUT2D eigenvalue weighted by Gasteiger charge is 2.28. The van der Waals surface area contributed by atoms with Gasteiger partial charge in [0.25, 0.3) is 0 Å². The summed E-state index contributed by atoms with van der Waals surface area (Å²) in [4.78, 5) is 4.97. The van der Waals surface area contributed by atoms with E-state index in [1.54, 1.807) is 11.1 Å². The highest BCUT2D eigenvalue weighted by atomic mass is 15.1. The second-order valence-corrected chi connectivity index (χ2v) is 17.1. The average molecular weight is 735 g/mol. The molecule has 0 aliphatic heterocycles. The van der Waals surface area contributed by atoms with Crippen LogP contribution in [0, 0.1) is 83.1 Å². The van der Waals surface area contributed by atoms with E-state index in [0.29, 0.717) is 0 Å². The summed E-state index contributed by atoms with van der Waals surface area (Å²) in [5.74, 6) is 0. The van der Waals surface area contributed by atoms with Gasteiger partial charge < -0.3 is 9.80 Å². The van der Waals surface area contributed by atoms with Crippen molar-refractivity contribution in [2.45, 2.75) is 109 Å². The molecule has 2 heteroatoms. The highest BCUT2D eigenvalue weighted by molar-refractivity contribution is 5.97. The molecule has 0 aromatic heterocycles. The minimum absolute atomic E-state index is 1.05. The lowest BCUT2D eigenvalue weighted by Crippen LogP contribution is -2.16. The van der Waals surface area contributed by atoms with Crippen molar-refractivity contribution in [2.24, 2.45) is 0 Å². The number of fused-ring (bicyclic) bond motifs is 4. The van der Waals surface area contributed by atoms with Crippen LogP contribution < -0.4 is 9.80 Å². The Morgan fingerprint density at radius 1 is 0.286 bits per heavy atom. The molecule has 284 valence electrons. The third-order valence-corrected chi connectivity index (χ3v) is 13.7. The summed E-state index contributed by atoms with van der Waals surface area (Å²) in [6, 6.07) is 33.5. The van der Waals surface area contributed by atoms with Gasteiger partial charge in [0.1, 0.15) is 0 Å². The molecule has 0 heterocycles. The molecule has 0 amide bonds. The molecule has 2 nitrogen and oxygen atoms in total. The van der Waals surface area contributed by atoms with Gasteiger partial charge in [-0.25, -0.2) is 0 Å². The van der Waals surface area contributed by atoms with Crippen LogP contribution in [0.5, 0.6) is 0 Å². The summed E-state index contributed by atoms with van der Waals surface area (Å²) >= 11 is 0. The quantitative estimate of drug-likeness (QED) is 0.168. The summed E-state index contributed by atoms with van der Waals surface area (Å²) in [5, 5.41) is 0. The maximum Gasteiger partial charge on any atom is 0.0467 e. The SMILES string of the molecule is Cc1cc(N(c2cc(C)c(C)c(C)c2)c2ccc3c(c2)CCC2=C3CCc3cc(N(c4cc(C)c(C)c(C)c4)c4cc(C)c(C)c(C)c4)ccc32)cc(C)c1C. The van der Waals surface area contributed by atoms with Crippen LogP contribution in [0.25, 0.3) is 11.1 Å². The first-order chi connectivity index (χ1) is 26.7. The topological polar surface area (TPSA) is 6.48 Å². The molecule has 0 N–H and O–H groups in total. The molecule has 0 saturated heterocycles. The molecule has 0 atom stereocenters. The molecule has 0 radical (unpaired) electrons. The largest absolute Gasteiger partial charge is 0.310 e. The standard InChI is InChI=1S/C54H58N2/c1-31-21-47(22-32(2)39(31)9)55(48-23-33(3)40(10)34(4)24-48)45-15-19-51-43(29-45)13-17-54-52-20-16-46(30-44(52)14-18-53(51)54)56(49-25-35(5)41(11)36(6)26-49)50-27-37(7)42(12)38(8)28-50/h15-16,19-30H,13-14,17-18H2,1-12H3. The Bertz CT molecular complexity index is 2230. The van der Waals surface area contributed by atoms with Crippen molar-refractivity contribution in [3.8, 4) is 0 Å². The number of benzene rings is 6. The zero-order valence-electron chi connectivity index (χ0n) is 35.8. The van der Waals surface area contributed by atoms with Gasteiger partial charge in [-0.05, 0) is 282 Å². The molecule has 0 bridgehead atoms. The van der Waals surface area contributed by atoms with Gasteiger partial charge in [-0.1, -0.05) is 12.1 Å². The molecule has 8 rings (SSSR count). The third-order valence-electron chi connectivity index (χ3n) is 13.7. The van der Waals surface area contributed by atoms with E-state index in [1.807, 2.05) is 0 Å². The predicted molar refractivity (Wildman–Crippen MR) is 243 cm³/mol. The molecule has 0 unspecified atom stereocenters. The zero-order valence-corrected chi connectivity index (χ0v) is 35.8. The fourth-order valence-electron chi connectivity index (χ4n) is 9.32. The second kappa shape index (κ2) is 14.3. The number of hydrogen-bond donors (Lipinski definition) is 0. The molecule has 2 aliphatic carbocycles. The van der Waals surface area contributed by atoms with E-state index >= 15 is 0 Å². The minimum atomic E-state index is 1.05. The van der Waals surface area contributed by atoms with Crippen molar-refractivity contribution in [3.05, 3.63) is 174 Å². The monoisotopic (exact) mass is 734 g/mol. The van der Waals surface area contributed by atoms with Crippen LogP contribution in [0.1, 0.15) is 102 Å². The number of rotatable bonds is 6.